The quantitative estimate of drug-likeness (QED) is 0.903. The van der Waals surface area contributed by atoms with E-state index in [0.29, 0.717) is 12.0 Å². The summed E-state index contributed by atoms with van der Waals surface area (Å²) in [6.07, 6.45) is 2.58. The molecule has 90 valence electrons. The van der Waals surface area contributed by atoms with E-state index in [0.717, 1.165) is 24.0 Å². The minimum atomic E-state index is 0.518. The lowest BCUT2D eigenvalue weighted by Gasteiger charge is -2.39. The molecule has 4 heteroatoms. The Morgan fingerprint density at radius 1 is 1.62 bits per heavy atom. The number of piperidine rings is 1. The van der Waals surface area contributed by atoms with Gasteiger partial charge in [-0.2, -0.15) is 0 Å². The summed E-state index contributed by atoms with van der Waals surface area (Å²) in [6.45, 7) is 5.16. The summed E-state index contributed by atoms with van der Waals surface area (Å²) >= 11 is 7.76. The molecule has 0 amide bonds. The van der Waals surface area contributed by atoms with Gasteiger partial charge in [-0.05, 0) is 42.3 Å². The summed E-state index contributed by atoms with van der Waals surface area (Å²) in [5, 5.41) is 2.06. The van der Waals surface area contributed by atoms with Gasteiger partial charge in [0.25, 0.3) is 0 Å². The zero-order valence-corrected chi connectivity index (χ0v) is 11.2. The van der Waals surface area contributed by atoms with Crippen LogP contribution >= 0.6 is 22.9 Å². The van der Waals surface area contributed by atoms with Crippen LogP contribution in [0.1, 0.15) is 25.3 Å². The van der Waals surface area contributed by atoms with E-state index in [2.05, 4.69) is 23.3 Å². The van der Waals surface area contributed by atoms with Crippen molar-refractivity contribution in [2.45, 2.75) is 32.4 Å². The summed E-state index contributed by atoms with van der Waals surface area (Å²) in [5.41, 5.74) is 7.13. The number of hydrogen-bond donors (Lipinski definition) is 1. The second kappa shape index (κ2) is 5.50. The molecule has 1 fully saturated rings. The first-order chi connectivity index (χ1) is 7.72. The van der Waals surface area contributed by atoms with Crippen molar-refractivity contribution in [1.29, 1.82) is 0 Å². The van der Waals surface area contributed by atoms with Crippen LogP contribution in [0.25, 0.3) is 0 Å². The molecule has 1 aliphatic heterocycles. The fourth-order valence-corrected chi connectivity index (χ4v) is 3.48. The van der Waals surface area contributed by atoms with Crippen LogP contribution in [0.3, 0.4) is 0 Å². The smallest absolute Gasteiger partial charge is 0.0973 e. The number of rotatable bonds is 3. The van der Waals surface area contributed by atoms with E-state index >= 15 is 0 Å². The van der Waals surface area contributed by atoms with Crippen molar-refractivity contribution in [3.05, 3.63) is 21.3 Å². The zero-order chi connectivity index (χ0) is 11.5. The molecule has 0 aromatic carbocycles. The van der Waals surface area contributed by atoms with Crippen LogP contribution < -0.4 is 5.73 Å². The van der Waals surface area contributed by atoms with Crippen molar-refractivity contribution < 1.29 is 0 Å². The van der Waals surface area contributed by atoms with Crippen molar-refractivity contribution in [3.8, 4) is 0 Å². The van der Waals surface area contributed by atoms with Gasteiger partial charge < -0.3 is 5.73 Å². The third-order valence-corrected chi connectivity index (χ3v) is 4.79. The maximum absolute atomic E-state index is 6.15. The Bertz CT molecular complexity index is 340. The molecule has 16 heavy (non-hydrogen) atoms. The average molecular weight is 259 g/mol. The second-order valence-corrected chi connectivity index (χ2v) is 6.13. The van der Waals surface area contributed by atoms with Crippen molar-refractivity contribution >= 4 is 22.9 Å². The molecule has 2 rings (SSSR count). The van der Waals surface area contributed by atoms with Crippen LogP contribution in [0.5, 0.6) is 0 Å². The third-order valence-electron chi connectivity index (χ3n) is 3.54. The van der Waals surface area contributed by atoms with Crippen molar-refractivity contribution in [2.75, 3.05) is 13.1 Å². The van der Waals surface area contributed by atoms with E-state index in [9.17, 15) is 0 Å². The predicted molar refractivity (Wildman–Crippen MR) is 71.0 cm³/mol. The van der Waals surface area contributed by atoms with E-state index in [4.69, 9.17) is 17.3 Å². The van der Waals surface area contributed by atoms with E-state index < -0.39 is 0 Å². The van der Waals surface area contributed by atoms with Gasteiger partial charge in [-0.15, -0.1) is 11.3 Å². The summed E-state index contributed by atoms with van der Waals surface area (Å²) in [5.74, 6) is 0.705. The first-order valence-electron chi connectivity index (χ1n) is 5.88. The van der Waals surface area contributed by atoms with Crippen LogP contribution in [-0.4, -0.2) is 24.0 Å². The van der Waals surface area contributed by atoms with Crippen LogP contribution in [0, 0.1) is 5.92 Å². The predicted octanol–water partition coefficient (Wildman–Crippen LogP) is 2.96. The molecule has 0 radical (unpaired) electrons. The van der Waals surface area contributed by atoms with Crippen molar-refractivity contribution in [2.24, 2.45) is 11.7 Å². The first kappa shape index (κ1) is 12.4. The molecule has 0 saturated carbocycles. The van der Waals surface area contributed by atoms with E-state index in [1.165, 1.54) is 18.4 Å². The number of thiophene rings is 1. The van der Waals surface area contributed by atoms with Crippen LogP contribution in [0.4, 0.5) is 0 Å². The highest BCUT2D eigenvalue weighted by Crippen LogP contribution is 2.28. The van der Waals surface area contributed by atoms with Gasteiger partial charge in [0.1, 0.15) is 0 Å². The fraction of sp³-hybridized carbons (Fsp3) is 0.667. The van der Waals surface area contributed by atoms with E-state index in [-0.39, 0.29) is 0 Å². The minimum Gasteiger partial charge on any atom is -0.329 e. The van der Waals surface area contributed by atoms with Gasteiger partial charge in [0.15, 0.2) is 0 Å². The SMILES string of the molecule is CC1CCCN(Cc2ccsc2Cl)C1CN. The van der Waals surface area contributed by atoms with Crippen molar-refractivity contribution in [3.63, 3.8) is 0 Å². The Morgan fingerprint density at radius 3 is 3.06 bits per heavy atom. The van der Waals surface area contributed by atoms with Gasteiger partial charge in [0.2, 0.25) is 0 Å². The number of likely N-dealkylation sites (tertiary alicyclic amines) is 1. The number of halogens is 1. The Kier molecular flexibility index (Phi) is 4.25. The lowest BCUT2D eigenvalue weighted by Crippen LogP contribution is -2.47. The van der Waals surface area contributed by atoms with E-state index in [1.807, 2.05) is 0 Å². The highest BCUT2D eigenvalue weighted by atomic mass is 35.5. The van der Waals surface area contributed by atoms with Crippen LogP contribution in [0.2, 0.25) is 4.34 Å². The molecule has 2 heterocycles. The maximum atomic E-state index is 6.15. The monoisotopic (exact) mass is 258 g/mol. The van der Waals surface area contributed by atoms with Gasteiger partial charge in [-0.1, -0.05) is 18.5 Å². The number of hydrogen-bond acceptors (Lipinski definition) is 3. The summed E-state index contributed by atoms with van der Waals surface area (Å²) < 4.78 is 0.925. The normalized spacial score (nSPS) is 27.2. The van der Waals surface area contributed by atoms with Gasteiger partial charge in [-0.3, -0.25) is 4.90 Å². The molecule has 1 aliphatic rings. The largest absolute Gasteiger partial charge is 0.329 e. The first-order valence-corrected chi connectivity index (χ1v) is 7.14. The topological polar surface area (TPSA) is 29.3 Å². The van der Waals surface area contributed by atoms with Gasteiger partial charge in [-0.25, -0.2) is 0 Å². The highest BCUT2D eigenvalue weighted by molar-refractivity contribution is 7.14. The molecule has 2 unspecified atom stereocenters. The number of nitrogens with zero attached hydrogens (tertiary/aromatic N) is 1. The fourth-order valence-electron chi connectivity index (χ4n) is 2.56. The molecule has 1 aromatic rings. The standard InChI is InChI=1S/C12H19ClN2S/c1-9-3-2-5-15(11(9)7-14)8-10-4-6-16-12(10)13/h4,6,9,11H,2-3,5,7-8,14H2,1H3. The molecular formula is C12H19ClN2S. The molecule has 2 N–H and O–H groups in total. The zero-order valence-electron chi connectivity index (χ0n) is 9.66. The Balaban J connectivity index is 2.05. The molecule has 2 atom stereocenters. The highest BCUT2D eigenvalue weighted by Gasteiger charge is 2.27. The van der Waals surface area contributed by atoms with Gasteiger partial charge >= 0.3 is 0 Å². The molecular weight excluding hydrogens is 240 g/mol. The Hall–Kier alpha value is -0.0900. The van der Waals surface area contributed by atoms with Gasteiger partial charge in [0, 0.05) is 19.1 Å². The molecule has 0 spiro atoms. The number of nitrogens with two attached hydrogens (primary N) is 1. The Morgan fingerprint density at radius 2 is 2.44 bits per heavy atom. The van der Waals surface area contributed by atoms with Gasteiger partial charge in [0.05, 0.1) is 4.34 Å². The summed E-state index contributed by atoms with van der Waals surface area (Å²) in [4.78, 5) is 2.49. The van der Waals surface area contributed by atoms with Crippen molar-refractivity contribution in [1.82, 2.24) is 4.90 Å². The lowest BCUT2D eigenvalue weighted by molar-refractivity contribution is 0.0992. The second-order valence-electron chi connectivity index (χ2n) is 4.61. The Labute approximate surface area is 106 Å². The van der Waals surface area contributed by atoms with E-state index in [1.54, 1.807) is 11.3 Å². The molecule has 1 saturated heterocycles. The molecule has 1 aromatic heterocycles. The van der Waals surface area contributed by atoms with Crippen LogP contribution in [0.15, 0.2) is 11.4 Å². The molecule has 0 aliphatic carbocycles. The molecule has 2 nitrogen and oxygen atoms in total. The minimum absolute atomic E-state index is 0.518. The molecule has 0 bridgehead atoms. The third kappa shape index (κ3) is 2.59. The summed E-state index contributed by atoms with van der Waals surface area (Å²) in [6, 6.07) is 2.64. The van der Waals surface area contributed by atoms with Crippen LogP contribution in [-0.2, 0) is 6.54 Å². The lowest BCUT2D eigenvalue weighted by atomic mass is 9.90. The summed E-state index contributed by atoms with van der Waals surface area (Å²) in [7, 11) is 0. The maximum Gasteiger partial charge on any atom is 0.0973 e. The average Bonchev–Trinajstić information content (AvgIpc) is 2.65.